The molecule has 1 fully saturated rings. The summed E-state index contributed by atoms with van der Waals surface area (Å²) < 4.78 is 11.5. The fourth-order valence-corrected chi connectivity index (χ4v) is 2.47. The van der Waals surface area contributed by atoms with E-state index in [1.165, 1.54) is 18.6 Å². The average Bonchev–Trinajstić information content (AvgIpc) is 2.67. The fourth-order valence-electron chi connectivity index (χ4n) is 2.47. The van der Waals surface area contributed by atoms with Gasteiger partial charge in [-0.3, -0.25) is 4.89 Å². The molecule has 3 rings (SSSR count). The van der Waals surface area contributed by atoms with Crippen molar-refractivity contribution in [1.29, 1.82) is 0 Å². The topological polar surface area (TPSA) is 79.8 Å². The summed E-state index contributed by atoms with van der Waals surface area (Å²) in [6.45, 7) is 0.722. The lowest BCUT2D eigenvalue weighted by Crippen LogP contribution is -2.25. The lowest BCUT2D eigenvalue weighted by molar-refractivity contribution is -0.215. The van der Waals surface area contributed by atoms with E-state index in [-0.39, 0.29) is 18.6 Å². The Morgan fingerprint density at radius 2 is 2.16 bits per heavy atom. The fraction of sp³-hybridized carbons (Fsp3) is 0.389. The molecule has 0 aliphatic carbocycles. The summed E-state index contributed by atoms with van der Waals surface area (Å²) in [5.74, 6) is 0.433. The van der Waals surface area contributed by atoms with Crippen molar-refractivity contribution in [1.82, 2.24) is 9.97 Å². The minimum atomic E-state index is -0.484. The summed E-state index contributed by atoms with van der Waals surface area (Å²) in [5.41, 5.74) is 0.927. The Labute approximate surface area is 145 Å². The molecule has 0 N–H and O–H groups in total. The Morgan fingerprint density at radius 3 is 2.96 bits per heavy atom. The van der Waals surface area contributed by atoms with Crippen LogP contribution in [-0.2, 0) is 20.8 Å². The van der Waals surface area contributed by atoms with Gasteiger partial charge in [-0.05, 0) is 30.9 Å². The first-order valence-electron chi connectivity index (χ1n) is 8.31. The monoisotopic (exact) mass is 344 g/mol. The van der Waals surface area contributed by atoms with Gasteiger partial charge in [0.1, 0.15) is 12.1 Å². The highest BCUT2D eigenvalue weighted by Gasteiger charge is 2.17. The van der Waals surface area contributed by atoms with Gasteiger partial charge in [-0.15, -0.1) is 0 Å². The molecule has 1 aliphatic heterocycles. The molecule has 2 heterocycles. The van der Waals surface area contributed by atoms with Crippen LogP contribution in [-0.4, -0.2) is 28.8 Å². The smallest absolute Gasteiger partial charge is 0.355 e. The van der Waals surface area contributed by atoms with Crippen molar-refractivity contribution >= 4 is 5.97 Å². The Bertz CT molecular complexity index is 674. The number of hydrogen-bond acceptors (Lipinski definition) is 7. The molecule has 132 valence electrons. The summed E-state index contributed by atoms with van der Waals surface area (Å²) in [5, 5.41) is 0. The summed E-state index contributed by atoms with van der Waals surface area (Å²) in [6, 6.07) is 9.12. The largest absolute Gasteiger partial charge is 0.465 e. The number of aryl methyl sites for hydroxylation is 1. The maximum absolute atomic E-state index is 11.8. The number of nitrogens with zero attached hydrogens (tertiary/aromatic N) is 2. The third kappa shape index (κ3) is 5.42. The first-order valence-corrected chi connectivity index (χ1v) is 8.31. The van der Waals surface area contributed by atoms with Crippen LogP contribution in [0.25, 0.3) is 0 Å². The minimum absolute atomic E-state index is 0.164. The van der Waals surface area contributed by atoms with Crippen LogP contribution in [0.2, 0.25) is 0 Å². The van der Waals surface area contributed by atoms with Crippen molar-refractivity contribution in [2.24, 2.45) is 0 Å². The molecule has 7 heteroatoms. The van der Waals surface area contributed by atoms with Crippen LogP contribution < -0.4 is 9.62 Å². The number of carbonyl (C=O) groups is 1. The van der Waals surface area contributed by atoms with Gasteiger partial charge in [-0.2, -0.15) is 4.98 Å². The third-order valence-corrected chi connectivity index (χ3v) is 3.74. The van der Waals surface area contributed by atoms with Crippen LogP contribution in [0.15, 0.2) is 42.9 Å². The standard InChI is InChI=1S/C18H20N2O5/c21-17(25-24-16-10-11-19-13-20-16)9-8-14-5-1-2-6-15(14)23-18-7-3-4-12-22-18/h1-2,5-6,10-11,13,18H,3-4,7-9,12H2. The molecule has 1 unspecified atom stereocenters. The van der Waals surface area contributed by atoms with Crippen LogP contribution in [0.5, 0.6) is 11.6 Å². The van der Waals surface area contributed by atoms with Crippen LogP contribution >= 0.6 is 0 Å². The highest BCUT2D eigenvalue weighted by Crippen LogP contribution is 2.24. The number of hydrogen-bond donors (Lipinski definition) is 0. The number of rotatable bonds is 7. The molecule has 25 heavy (non-hydrogen) atoms. The minimum Gasteiger partial charge on any atom is -0.465 e. The van der Waals surface area contributed by atoms with Crippen LogP contribution in [0.3, 0.4) is 0 Å². The number of para-hydroxylation sites is 1. The second-order valence-electron chi connectivity index (χ2n) is 5.61. The Kier molecular flexibility index (Phi) is 6.17. The Hall–Kier alpha value is -2.67. The van der Waals surface area contributed by atoms with Crippen LogP contribution in [0, 0.1) is 0 Å². The first kappa shape index (κ1) is 17.2. The normalized spacial score (nSPS) is 16.9. The van der Waals surface area contributed by atoms with Gasteiger partial charge in [-0.25, -0.2) is 14.7 Å². The average molecular weight is 344 g/mol. The van der Waals surface area contributed by atoms with Crippen molar-refractivity contribution in [2.75, 3.05) is 6.61 Å². The summed E-state index contributed by atoms with van der Waals surface area (Å²) in [7, 11) is 0. The van der Waals surface area contributed by atoms with E-state index in [1.807, 2.05) is 24.3 Å². The van der Waals surface area contributed by atoms with Crippen LogP contribution in [0.1, 0.15) is 31.2 Å². The molecule has 2 aromatic rings. The highest BCUT2D eigenvalue weighted by molar-refractivity contribution is 5.69. The van der Waals surface area contributed by atoms with E-state index < -0.39 is 5.97 Å². The zero-order valence-corrected chi connectivity index (χ0v) is 13.8. The first-order chi connectivity index (χ1) is 12.3. The van der Waals surface area contributed by atoms with E-state index in [0.717, 1.165) is 37.2 Å². The quantitative estimate of drug-likeness (QED) is 0.564. The molecular formula is C18H20N2O5. The highest BCUT2D eigenvalue weighted by atomic mass is 17.2. The number of carbonyl (C=O) groups excluding carboxylic acids is 1. The third-order valence-electron chi connectivity index (χ3n) is 3.74. The van der Waals surface area contributed by atoms with Gasteiger partial charge in [0.05, 0.1) is 13.0 Å². The van der Waals surface area contributed by atoms with Gasteiger partial charge < -0.3 is 9.47 Å². The van der Waals surface area contributed by atoms with Gasteiger partial charge >= 0.3 is 5.97 Å². The van der Waals surface area contributed by atoms with Gasteiger partial charge in [0.2, 0.25) is 0 Å². The lowest BCUT2D eigenvalue weighted by Gasteiger charge is -2.24. The van der Waals surface area contributed by atoms with E-state index >= 15 is 0 Å². The number of aromatic nitrogens is 2. The molecule has 1 atom stereocenters. The molecule has 0 bridgehead atoms. The Balaban J connectivity index is 1.49. The van der Waals surface area contributed by atoms with Gasteiger partial charge in [0.15, 0.2) is 6.29 Å². The summed E-state index contributed by atoms with van der Waals surface area (Å²) in [6.07, 6.45) is 6.28. The zero-order valence-electron chi connectivity index (χ0n) is 13.8. The molecule has 0 spiro atoms. The van der Waals surface area contributed by atoms with Crippen molar-refractivity contribution in [3.8, 4) is 11.6 Å². The van der Waals surface area contributed by atoms with Crippen molar-refractivity contribution in [3.05, 3.63) is 48.4 Å². The van der Waals surface area contributed by atoms with Crippen molar-refractivity contribution in [3.63, 3.8) is 0 Å². The summed E-state index contributed by atoms with van der Waals surface area (Å²) >= 11 is 0. The van der Waals surface area contributed by atoms with Crippen molar-refractivity contribution < 1.29 is 24.0 Å². The van der Waals surface area contributed by atoms with Gasteiger partial charge in [0, 0.05) is 18.7 Å². The molecule has 7 nitrogen and oxygen atoms in total. The van der Waals surface area contributed by atoms with Gasteiger partial charge in [0.25, 0.3) is 5.88 Å². The predicted molar refractivity (Wildman–Crippen MR) is 87.7 cm³/mol. The molecule has 1 saturated heterocycles. The maximum atomic E-state index is 11.8. The molecule has 1 aromatic carbocycles. The molecule has 0 amide bonds. The molecule has 1 aromatic heterocycles. The predicted octanol–water partition coefficient (Wildman–Crippen LogP) is 2.85. The van der Waals surface area contributed by atoms with E-state index in [1.54, 1.807) is 0 Å². The second-order valence-corrected chi connectivity index (χ2v) is 5.61. The molecule has 1 aliphatic rings. The van der Waals surface area contributed by atoms with E-state index in [9.17, 15) is 4.79 Å². The summed E-state index contributed by atoms with van der Waals surface area (Å²) in [4.78, 5) is 29.0. The van der Waals surface area contributed by atoms with Crippen LogP contribution in [0.4, 0.5) is 0 Å². The van der Waals surface area contributed by atoms with E-state index in [4.69, 9.17) is 19.2 Å². The van der Waals surface area contributed by atoms with E-state index in [2.05, 4.69) is 9.97 Å². The molecular weight excluding hydrogens is 324 g/mol. The van der Waals surface area contributed by atoms with Crippen molar-refractivity contribution in [2.45, 2.75) is 38.4 Å². The SMILES string of the molecule is O=C(CCc1ccccc1OC1CCCCO1)OOc1ccncn1. The molecule has 0 radical (unpaired) electrons. The maximum Gasteiger partial charge on any atom is 0.355 e. The number of benzene rings is 1. The van der Waals surface area contributed by atoms with E-state index in [0.29, 0.717) is 6.42 Å². The zero-order chi connectivity index (χ0) is 17.3. The second kappa shape index (κ2) is 8.98. The lowest BCUT2D eigenvalue weighted by atomic mass is 10.1. The molecule has 0 saturated carbocycles. The van der Waals surface area contributed by atoms with Gasteiger partial charge in [-0.1, -0.05) is 18.2 Å². The Morgan fingerprint density at radius 1 is 1.24 bits per heavy atom. The number of ether oxygens (including phenoxy) is 2.